The lowest BCUT2D eigenvalue weighted by Crippen LogP contribution is -2.48. The summed E-state index contributed by atoms with van der Waals surface area (Å²) in [5, 5.41) is 11.0. The summed E-state index contributed by atoms with van der Waals surface area (Å²) >= 11 is 0. The van der Waals surface area contributed by atoms with Crippen LogP contribution in [0.15, 0.2) is 54.9 Å². The molecule has 0 bridgehead atoms. The molecule has 3 aromatic rings. The number of hydrogen-bond acceptors (Lipinski definition) is 5. The van der Waals surface area contributed by atoms with Crippen LogP contribution in [0.1, 0.15) is 10.4 Å². The lowest BCUT2D eigenvalue weighted by Gasteiger charge is -2.36. The van der Waals surface area contributed by atoms with Crippen molar-refractivity contribution in [2.45, 2.75) is 0 Å². The Kier molecular flexibility index (Phi) is 4.30. The third-order valence-electron chi connectivity index (χ3n) is 4.49. The second-order valence-corrected chi connectivity index (χ2v) is 6.06. The SMILES string of the molecule is O=C(c1ccc(-n2cnnn2)cc1)N1CCN(c2ccc(F)cc2)CC1. The second-order valence-electron chi connectivity index (χ2n) is 6.06. The molecular weight excluding hydrogens is 335 g/mol. The first kappa shape index (κ1) is 16.2. The molecule has 132 valence electrons. The van der Waals surface area contributed by atoms with Crippen LogP contribution in [0.2, 0.25) is 0 Å². The van der Waals surface area contributed by atoms with Crippen molar-refractivity contribution in [1.82, 2.24) is 25.1 Å². The molecule has 1 saturated heterocycles. The average molecular weight is 352 g/mol. The number of halogens is 1. The maximum absolute atomic E-state index is 13.0. The van der Waals surface area contributed by atoms with Crippen molar-refractivity contribution in [3.63, 3.8) is 0 Å². The molecule has 0 aliphatic carbocycles. The van der Waals surface area contributed by atoms with Gasteiger partial charge >= 0.3 is 0 Å². The largest absolute Gasteiger partial charge is 0.368 e. The maximum Gasteiger partial charge on any atom is 0.253 e. The van der Waals surface area contributed by atoms with Gasteiger partial charge in [0.15, 0.2) is 0 Å². The highest BCUT2D eigenvalue weighted by atomic mass is 19.1. The van der Waals surface area contributed by atoms with Crippen LogP contribution in [-0.2, 0) is 0 Å². The van der Waals surface area contributed by atoms with Crippen molar-refractivity contribution in [2.24, 2.45) is 0 Å². The molecule has 1 aliphatic heterocycles. The predicted molar refractivity (Wildman–Crippen MR) is 93.7 cm³/mol. The molecule has 1 amide bonds. The van der Waals surface area contributed by atoms with Gasteiger partial charge in [-0.25, -0.2) is 9.07 Å². The van der Waals surface area contributed by atoms with Crippen molar-refractivity contribution in [3.8, 4) is 5.69 Å². The van der Waals surface area contributed by atoms with E-state index in [-0.39, 0.29) is 11.7 Å². The summed E-state index contributed by atoms with van der Waals surface area (Å²) < 4.78 is 14.6. The molecule has 1 aromatic heterocycles. The minimum Gasteiger partial charge on any atom is -0.368 e. The van der Waals surface area contributed by atoms with Crippen molar-refractivity contribution >= 4 is 11.6 Å². The van der Waals surface area contributed by atoms with Crippen LogP contribution in [0.3, 0.4) is 0 Å². The number of aromatic nitrogens is 4. The van der Waals surface area contributed by atoms with Gasteiger partial charge in [-0.3, -0.25) is 4.79 Å². The van der Waals surface area contributed by atoms with E-state index in [1.54, 1.807) is 24.3 Å². The number of rotatable bonds is 3. The van der Waals surface area contributed by atoms with E-state index in [1.807, 2.05) is 17.0 Å². The summed E-state index contributed by atoms with van der Waals surface area (Å²) in [6.45, 7) is 2.70. The smallest absolute Gasteiger partial charge is 0.253 e. The molecule has 8 heteroatoms. The van der Waals surface area contributed by atoms with E-state index >= 15 is 0 Å². The summed E-state index contributed by atoms with van der Waals surface area (Å²) in [5.41, 5.74) is 2.41. The Morgan fingerprint density at radius 1 is 0.885 bits per heavy atom. The molecule has 0 atom stereocenters. The minimum atomic E-state index is -0.243. The van der Waals surface area contributed by atoms with E-state index in [2.05, 4.69) is 20.4 Å². The van der Waals surface area contributed by atoms with Crippen LogP contribution < -0.4 is 4.90 Å². The van der Waals surface area contributed by atoms with Crippen LogP contribution in [-0.4, -0.2) is 57.2 Å². The average Bonchev–Trinajstić information content (AvgIpc) is 3.23. The molecule has 2 heterocycles. The zero-order chi connectivity index (χ0) is 17.9. The first-order chi connectivity index (χ1) is 12.7. The van der Waals surface area contributed by atoms with Crippen LogP contribution in [0.4, 0.5) is 10.1 Å². The molecule has 0 saturated carbocycles. The predicted octanol–water partition coefficient (Wildman–Crippen LogP) is 1.76. The lowest BCUT2D eigenvalue weighted by atomic mass is 10.1. The van der Waals surface area contributed by atoms with Gasteiger partial charge in [-0.05, 0) is 59.0 Å². The number of hydrogen-bond donors (Lipinski definition) is 0. The van der Waals surface area contributed by atoms with Crippen LogP contribution in [0.25, 0.3) is 5.69 Å². The molecule has 1 fully saturated rings. The Morgan fingerprint density at radius 3 is 2.15 bits per heavy atom. The maximum atomic E-state index is 13.0. The molecule has 0 radical (unpaired) electrons. The summed E-state index contributed by atoms with van der Waals surface area (Å²) in [5.74, 6) is -0.236. The molecular formula is C18H17FN6O. The fourth-order valence-electron chi connectivity index (χ4n) is 3.04. The van der Waals surface area contributed by atoms with Gasteiger partial charge in [0.1, 0.15) is 12.1 Å². The highest BCUT2D eigenvalue weighted by Gasteiger charge is 2.22. The van der Waals surface area contributed by atoms with Gasteiger partial charge < -0.3 is 9.80 Å². The molecule has 1 aliphatic rings. The number of amides is 1. The Bertz CT molecular complexity index is 871. The Balaban J connectivity index is 1.39. The van der Waals surface area contributed by atoms with E-state index in [9.17, 15) is 9.18 Å². The monoisotopic (exact) mass is 352 g/mol. The molecule has 0 unspecified atom stereocenters. The van der Waals surface area contributed by atoms with Gasteiger partial charge in [0.05, 0.1) is 5.69 Å². The summed E-state index contributed by atoms with van der Waals surface area (Å²) in [6, 6.07) is 13.7. The standard InChI is InChI=1S/C18H17FN6O/c19-15-3-7-16(8-4-15)23-9-11-24(12-10-23)18(26)14-1-5-17(6-2-14)25-13-20-21-22-25/h1-8,13H,9-12H2. The van der Waals surface area contributed by atoms with E-state index in [0.717, 1.165) is 24.5 Å². The number of carbonyl (C=O) groups excluding carboxylic acids is 1. The quantitative estimate of drug-likeness (QED) is 0.719. The highest BCUT2D eigenvalue weighted by Crippen LogP contribution is 2.18. The molecule has 26 heavy (non-hydrogen) atoms. The lowest BCUT2D eigenvalue weighted by molar-refractivity contribution is 0.0747. The van der Waals surface area contributed by atoms with E-state index in [0.29, 0.717) is 18.7 Å². The molecule has 7 nitrogen and oxygen atoms in total. The van der Waals surface area contributed by atoms with Crippen LogP contribution in [0, 0.1) is 5.82 Å². The topological polar surface area (TPSA) is 67.2 Å². The van der Waals surface area contributed by atoms with E-state index in [1.165, 1.54) is 23.1 Å². The van der Waals surface area contributed by atoms with Crippen LogP contribution >= 0.6 is 0 Å². The summed E-state index contributed by atoms with van der Waals surface area (Å²) in [4.78, 5) is 16.7. The molecule has 0 N–H and O–H groups in total. The number of anilines is 1. The number of piperazine rings is 1. The van der Waals surface area contributed by atoms with E-state index < -0.39 is 0 Å². The van der Waals surface area contributed by atoms with Gasteiger partial charge in [0.25, 0.3) is 5.91 Å². The Morgan fingerprint density at radius 2 is 1.54 bits per heavy atom. The van der Waals surface area contributed by atoms with Gasteiger partial charge in [0.2, 0.25) is 0 Å². The number of benzene rings is 2. The number of carbonyl (C=O) groups is 1. The highest BCUT2D eigenvalue weighted by molar-refractivity contribution is 5.94. The van der Waals surface area contributed by atoms with E-state index in [4.69, 9.17) is 0 Å². The fourth-order valence-corrected chi connectivity index (χ4v) is 3.04. The number of nitrogens with zero attached hydrogens (tertiary/aromatic N) is 6. The summed E-state index contributed by atoms with van der Waals surface area (Å²) in [6.07, 6.45) is 1.51. The molecule has 2 aromatic carbocycles. The Labute approximate surface area is 149 Å². The van der Waals surface area contributed by atoms with Gasteiger partial charge in [-0.1, -0.05) is 0 Å². The van der Waals surface area contributed by atoms with Crippen molar-refractivity contribution in [2.75, 3.05) is 31.1 Å². The zero-order valence-electron chi connectivity index (χ0n) is 14.0. The molecule has 0 spiro atoms. The van der Waals surface area contributed by atoms with Crippen molar-refractivity contribution < 1.29 is 9.18 Å². The third-order valence-corrected chi connectivity index (χ3v) is 4.49. The second kappa shape index (κ2) is 6.91. The first-order valence-electron chi connectivity index (χ1n) is 8.34. The normalized spacial score (nSPS) is 14.5. The first-order valence-corrected chi connectivity index (χ1v) is 8.34. The van der Waals surface area contributed by atoms with Gasteiger partial charge in [-0.15, -0.1) is 5.10 Å². The fraction of sp³-hybridized carbons (Fsp3) is 0.222. The minimum absolute atomic E-state index is 0.00650. The zero-order valence-corrected chi connectivity index (χ0v) is 14.0. The van der Waals surface area contributed by atoms with Crippen molar-refractivity contribution in [1.29, 1.82) is 0 Å². The summed E-state index contributed by atoms with van der Waals surface area (Å²) in [7, 11) is 0. The molecule has 4 rings (SSSR count). The van der Waals surface area contributed by atoms with Gasteiger partial charge in [0, 0.05) is 37.4 Å². The van der Waals surface area contributed by atoms with Crippen LogP contribution in [0.5, 0.6) is 0 Å². The van der Waals surface area contributed by atoms with Crippen molar-refractivity contribution in [3.05, 3.63) is 66.2 Å². The van der Waals surface area contributed by atoms with Gasteiger partial charge in [-0.2, -0.15) is 0 Å². The third kappa shape index (κ3) is 3.26. The Hall–Kier alpha value is -3.29. The number of tetrazole rings is 1.